The van der Waals surface area contributed by atoms with Crippen LogP contribution in [0.1, 0.15) is 5.56 Å². The van der Waals surface area contributed by atoms with Gasteiger partial charge in [-0.3, -0.25) is 0 Å². The first kappa shape index (κ1) is 10.6. The van der Waals surface area contributed by atoms with Gasteiger partial charge in [0.1, 0.15) is 11.3 Å². The summed E-state index contributed by atoms with van der Waals surface area (Å²) in [6.07, 6.45) is -4.81. The van der Waals surface area contributed by atoms with Gasteiger partial charge in [0.15, 0.2) is 5.82 Å². The second-order valence-electron chi connectivity index (χ2n) is 2.54. The molecule has 2 N–H and O–H groups in total. The van der Waals surface area contributed by atoms with Crippen molar-refractivity contribution in [2.45, 2.75) is 6.18 Å². The van der Waals surface area contributed by atoms with Crippen LogP contribution in [-0.4, -0.2) is 7.11 Å². The zero-order valence-electron chi connectivity index (χ0n) is 7.15. The Bertz CT molecular complexity index is 348. The zero-order valence-corrected chi connectivity index (χ0v) is 7.15. The highest BCUT2D eigenvalue weighted by atomic mass is 19.4. The van der Waals surface area contributed by atoms with Crippen LogP contribution in [0.5, 0.6) is 5.75 Å². The topological polar surface area (TPSA) is 35.2 Å². The van der Waals surface area contributed by atoms with Crippen molar-refractivity contribution in [1.29, 1.82) is 0 Å². The average molecular weight is 209 g/mol. The molecule has 6 heteroatoms. The summed E-state index contributed by atoms with van der Waals surface area (Å²) in [6.45, 7) is 0. The smallest absolute Gasteiger partial charge is 0.422 e. The van der Waals surface area contributed by atoms with Gasteiger partial charge in [-0.1, -0.05) is 0 Å². The zero-order chi connectivity index (χ0) is 10.9. The quantitative estimate of drug-likeness (QED) is 0.569. The van der Waals surface area contributed by atoms with Crippen molar-refractivity contribution < 1.29 is 22.3 Å². The number of benzene rings is 1. The highest BCUT2D eigenvalue weighted by Crippen LogP contribution is 2.39. The van der Waals surface area contributed by atoms with E-state index in [1.54, 1.807) is 0 Å². The Kier molecular flexibility index (Phi) is 2.55. The summed E-state index contributed by atoms with van der Waals surface area (Å²) in [5.74, 6) is -2.08. The number of alkyl halides is 3. The van der Waals surface area contributed by atoms with Crippen molar-refractivity contribution in [3.8, 4) is 5.75 Å². The first-order valence-corrected chi connectivity index (χ1v) is 3.57. The normalized spacial score (nSPS) is 11.5. The van der Waals surface area contributed by atoms with Crippen LogP contribution in [0.3, 0.4) is 0 Å². The van der Waals surface area contributed by atoms with Crippen LogP contribution in [0.4, 0.5) is 23.2 Å². The molecule has 0 aliphatic rings. The van der Waals surface area contributed by atoms with Crippen LogP contribution in [0.25, 0.3) is 0 Å². The van der Waals surface area contributed by atoms with Gasteiger partial charge in [0.25, 0.3) is 0 Å². The largest absolute Gasteiger partial charge is 0.496 e. The Morgan fingerprint density at radius 1 is 1.29 bits per heavy atom. The number of nitrogen functional groups attached to an aromatic ring is 1. The molecule has 0 atom stereocenters. The first-order valence-electron chi connectivity index (χ1n) is 3.57. The van der Waals surface area contributed by atoms with Gasteiger partial charge >= 0.3 is 6.18 Å². The van der Waals surface area contributed by atoms with Gasteiger partial charge in [-0.15, -0.1) is 0 Å². The van der Waals surface area contributed by atoms with Crippen LogP contribution in [0.15, 0.2) is 12.1 Å². The molecule has 14 heavy (non-hydrogen) atoms. The summed E-state index contributed by atoms with van der Waals surface area (Å²) in [5, 5.41) is 0. The number of anilines is 1. The molecule has 0 amide bonds. The fourth-order valence-electron chi connectivity index (χ4n) is 1.01. The number of hydrogen-bond donors (Lipinski definition) is 1. The first-order chi connectivity index (χ1) is 6.38. The average Bonchev–Trinajstić information content (AvgIpc) is 2.07. The predicted octanol–water partition coefficient (Wildman–Crippen LogP) is 2.44. The second-order valence-corrected chi connectivity index (χ2v) is 2.54. The summed E-state index contributed by atoms with van der Waals surface area (Å²) in [4.78, 5) is 0. The highest BCUT2D eigenvalue weighted by molar-refractivity contribution is 5.50. The molecule has 0 fully saturated rings. The van der Waals surface area contributed by atoms with Crippen LogP contribution in [0.2, 0.25) is 0 Å². The van der Waals surface area contributed by atoms with E-state index in [2.05, 4.69) is 4.74 Å². The lowest BCUT2D eigenvalue weighted by atomic mass is 10.1. The molecule has 1 rings (SSSR count). The van der Waals surface area contributed by atoms with Gasteiger partial charge < -0.3 is 10.5 Å². The third-order valence-electron chi connectivity index (χ3n) is 1.64. The Morgan fingerprint density at radius 3 is 2.29 bits per heavy atom. The van der Waals surface area contributed by atoms with Crippen LogP contribution in [-0.2, 0) is 6.18 Å². The number of hydrogen-bond acceptors (Lipinski definition) is 2. The Morgan fingerprint density at radius 2 is 1.86 bits per heavy atom. The maximum absolute atomic E-state index is 13.0. The van der Waals surface area contributed by atoms with Crippen LogP contribution >= 0.6 is 0 Å². The number of halogens is 4. The van der Waals surface area contributed by atoms with E-state index in [1.165, 1.54) is 0 Å². The Labute approximate surface area is 77.3 Å². The number of nitrogens with two attached hydrogens (primary N) is 1. The monoisotopic (exact) mass is 209 g/mol. The molecule has 0 saturated carbocycles. The molecule has 0 heterocycles. The van der Waals surface area contributed by atoms with E-state index < -0.39 is 29.0 Å². The molecule has 0 bridgehead atoms. The van der Waals surface area contributed by atoms with E-state index in [0.717, 1.165) is 19.2 Å². The lowest BCUT2D eigenvalue weighted by Gasteiger charge is -2.13. The van der Waals surface area contributed by atoms with Crippen molar-refractivity contribution in [2.24, 2.45) is 0 Å². The maximum Gasteiger partial charge on any atom is 0.422 e. The lowest BCUT2D eigenvalue weighted by Crippen LogP contribution is -2.12. The van der Waals surface area contributed by atoms with Crippen LogP contribution in [0, 0.1) is 5.82 Å². The highest BCUT2D eigenvalue weighted by Gasteiger charge is 2.38. The molecule has 0 radical (unpaired) electrons. The van der Waals surface area contributed by atoms with Gasteiger partial charge in [0, 0.05) is 0 Å². The van der Waals surface area contributed by atoms with Gasteiger partial charge in [0.05, 0.1) is 12.8 Å². The van der Waals surface area contributed by atoms with Crippen molar-refractivity contribution in [3.05, 3.63) is 23.5 Å². The molecule has 2 nitrogen and oxygen atoms in total. The SMILES string of the molecule is COc1ccc(N)c(F)c1C(F)(F)F. The molecule has 0 saturated heterocycles. The number of methoxy groups -OCH3 is 1. The van der Waals surface area contributed by atoms with E-state index in [-0.39, 0.29) is 0 Å². The maximum atomic E-state index is 13.0. The van der Waals surface area contributed by atoms with E-state index in [4.69, 9.17) is 5.73 Å². The van der Waals surface area contributed by atoms with Gasteiger partial charge in [-0.25, -0.2) is 4.39 Å². The Balaban J connectivity index is 3.44. The van der Waals surface area contributed by atoms with E-state index >= 15 is 0 Å². The van der Waals surface area contributed by atoms with E-state index in [0.29, 0.717) is 0 Å². The van der Waals surface area contributed by atoms with Crippen molar-refractivity contribution in [1.82, 2.24) is 0 Å². The number of ether oxygens (including phenoxy) is 1. The van der Waals surface area contributed by atoms with Crippen molar-refractivity contribution >= 4 is 5.69 Å². The fourth-order valence-corrected chi connectivity index (χ4v) is 1.01. The minimum absolute atomic E-state index is 0.557. The summed E-state index contributed by atoms with van der Waals surface area (Å²) in [6, 6.07) is 1.99. The molecule has 78 valence electrons. The lowest BCUT2D eigenvalue weighted by molar-refractivity contribution is -0.141. The second kappa shape index (κ2) is 3.36. The molecule has 0 aliphatic heterocycles. The molecule has 0 unspecified atom stereocenters. The molecule has 0 aliphatic carbocycles. The molecular weight excluding hydrogens is 202 g/mol. The summed E-state index contributed by atoms with van der Waals surface area (Å²) in [5.41, 5.74) is 2.98. The van der Waals surface area contributed by atoms with E-state index in [1.807, 2.05) is 0 Å². The third-order valence-corrected chi connectivity index (χ3v) is 1.64. The number of rotatable bonds is 1. The fraction of sp³-hybridized carbons (Fsp3) is 0.250. The molecule has 1 aromatic rings. The standard InChI is InChI=1S/C8H7F4NO/c1-14-5-3-2-4(13)7(9)6(5)8(10,11)12/h2-3H,13H2,1H3. The van der Waals surface area contributed by atoms with Crippen molar-refractivity contribution in [2.75, 3.05) is 12.8 Å². The molecular formula is C8H7F4NO. The minimum atomic E-state index is -4.81. The molecule has 0 aromatic heterocycles. The third kappa shape index (κ3) is 1.73. The minimum Gasteiger partial charge on any atom is -0.496 e. The van der Waals surface area contributed by atoms with Crippen LogP contribution < -0.4 is 10.5 Å². The Hall–Kier alpha value is -1.46. The molecule has 1 aromatic carbocycles. The van der Waals surface area contributed by atoms with E-state index in [9.17, 15) is 17.6 Å². The summed E-state index contributed by atoms with van der Waals surface area (Å²) < 4.78 is 54.3. The molecule has 0 spiro atoms. The van der Waals surface area contributed by atoms with Gasteiger partial charge in [-0.05, 0) is 12.1 Å². The summed E-state index contributed by atoms with van der Waals surface area (Å²) in [7, 11) is 1.03. The summed E-state index contributed by atoms with van der Waals surface area (Å²) >= 11 is 0. The van der Waals surface area contributed by atoms with Gasteiger partial charge in [-0.2, -0.15) is 13.2 Å². The van der Waals surface area contributed by atoms with Crippen molar-refractivity contribution in [3.63, 3.8) is 0 Å². The van der Waals surface area contributed by atoms with Gasteiger partial charge in [0.2, 0.25) is 0 Å². The predicted molar refractivity (Wildman–Crippen MR) is 42.4 cm³/mol.